The number of carbonyl (C=O) groups excluding carboxylic acids is 5. The van der Waals surface area contributed by atoms with Crippen LogP contribution in [0.5, 0.6) is 0 Å². The highest BCUT2D eigenvalue weighted by molar-refractivity contribution is 5.94. The van der Waals surface area contributed by atoms with Crippen molar-refractivity contribution in [2.24, 2.45) is 0 Å². The maximum Gasteiger partial charge on any atom is 0.327 e. The Labute approximate surface area is 230 Å². The number of nitrogens with zero attached hydrogens (tertiary/aromatic N) is 4. The Hall–Kier alpha value is -4.37. The molecule has 15 heteroatoms. The third kappa shape index (κ3) is 10.1. The van der Waals surface area contributed by atoms with Crippen LogP contribution in [0.2, 0.25) is 0 Å². The minimum atomic E-state index is -1.05. The van der Waals surface area contributed by atoms with Gasteiger partial charge in [0.05, 0.1) is 39.2 Å². The molecule has 1 saturated heterocycles. The van der Waals surface area contributed by atoms with E-state index >= 15 is 0 Å². The van der Waals surface area contributed by atoms with Crippen molar-refractivity contribution in [3.63, 3.8) is 0 Å². The quantitative estimate of drug-likeness (QED) is 0.303. The molecular weight excluding hydrogens is 526 g/mol. The van der Waals surface area contributed by atoms with E-state index in [0.717, 1.165) is 0 Å². The van der Waals surface area contributed by atoms with Crippen LogP contribution in [0.15, 0.2) is 36.5 Å². The molecule has 1 atom stereocenters. The summed E-state index contributed by atoms with van der Waals surface area (Å²) < 4.78 is 16.6. The second kappa shape index (κ2) is 15.9. The van der Waals surface area contributed by atoms with Crippen LogP contribution in [-0.2, 0) is 46.4 Å². The molecule has 0 spiro atoms. The predicted molar refractivity (Wildman–Crippen MR) is 138 cm³/mol. The average Bonchev–Trinajstić information content (AvgIpc) is 3.39. The van der Waals surface area contributed by atoms with Gasteiger partial charge in [-0.1, -0.05) is 23.4 Å². The zero-order valence-electron chi connectivity index (χ0n) is 22.2. The fourth-order valence-corrected chi connectivity index (χ4v) is 3.67. The Bertz CT molecular complexity index is 1160. The third-order valence-electron chi connectivity index (χ3n) is 5.70. The van der Waals surface area contributed by atoms with E-state index in [0.29, 0.717) is 11.3 Å². The maximum absolute atomic E-state index is 13.0. The highest BCUT2D eigenvalue weighted by Crippen LogP contribution is 2.03. The van der Waals surface area contributed by atoms with Gasteiger partial charge in [0.1, 0.15) is 19.2 Å². The molecular formula is C25H33N7O8. The molecule has 3 rings (SSSR count). The molecule has 0 aliphatic carbocycles. The average molecular weight is 560 g/mol. The summed E-state index contributed by atoms with van der Waals surface area (Å²) in [5.74, 6) is -2.40. The summed E-state index contributed by atoms with van der Waals surface area (Å²) in [4.78, 5) is 63.8. The van der Waals surface area contributed by atoms with Gasteiger partial charge in [0.2, 0.25) is 17.7 Å². The first kappa shape index (κ1) is 30.2. The number of hydrogen-bond donors (Lipinski definition) is 3. The second-order valence-corrected chi connectivity index (χ2v) is 8.70. The molecule has 3 N–H and O–H groups in total. The Morgan fingerprint density at radius 3 is 2.67 bits per heavy atom. The summed E-state index contributed by atoms with van der Waals surface area (Å²) in [6.07, 6.45) is 1.45. The molecule has 2 aromatic rings. The highest BCUT2D eigenvalue weighted by atomic mass is 16.5. The summed E-state index contributed by atoms with van der Waals surface area (Å²) in [6, 6.07) is 7.53. The summed E-state index contributed by atoms with van der Waals surface area (Å²) in [7, 11) is 1.25. The van der Waals surface area contributed by atoms with E-state index in [4.69, 9.17) is 9.47 Å². The molecule has 1 aromatic carbocycles. The standard InChI is InChI=1S/C25H33N7O8/c1-38-23(35)16-32-14-19(29-30-32)13-20-25(37)27-8-10-39-11-12-40-17-22(34)31(15-21(33)28-20)9-7-26-24(36)18-5-3-2-4-6-18/h2-6,14,20H,7-13,15-17H2,1H3,(H,26,36)(H,27,37)(H,28,33)/t20-/m1/s1. The van der Waals surface area contributed by atoms with Gasteiger partial charge in [-0.25, -0.2) is 4.68 Å². The van der Waals surface area contributed by atoms with E-state index in [-0.39, 0.29) is 71.5 Å². The SMILES string of the molecule is COC(=O)Cn1cc(C[C@H]2NC(=O)CN(CCNC(=O)c3ccccc3)C(=O)COCCOCCNC2=O)nn1. The van der Waals surface area contributed by atoms with Crippen molar-refractivity contribution in [1.29, 1.82) is 0 Å². The van der Waals surface area contributed by atoms with Crippen molar-refractivity contribution in [1.82, 2.24) is 35.8 Å². The molecule has 0 bridgehead atoms. The van der Waals surface area contributed by atoms with Gasteiger partial charge < -0.3 is 35.1 Å². The zero-order valence-corrected chi connectivity index (χ0v) is 22.2. The van der Waals surface area contributed by atoms with Crippen LogP contribution < -0.4 is 16.0 Å². The number of carbonyl (C=O) groups is 5. The van der Waals surface area contributed by atoms with Crippen LogP contribution in [0.25, 0.3) is 0 Å². The van der Waals surface area contributed by atoms with E-state index < -0.39 is 29.7 Å². The van der Waals surface area contributed by atoms with Gasteiger partial charge in [0.25, 0.3) is 5.91 Å². The second-order valence-electron chi connectivity index (χ2n) is 8.70. The minimum absolute atomic E-state index is 0.0240. The van der Waals surface area contributed by atoms with Gasteiger partial charge in [-0.2, -0.15) is 0 Å². The normalized spacial score (nSPS) is 17.7. The summed E-state index contributed by atoms with van der Waals surface area (Å²) in [6.45, 7) is 0.0373. The van der Waals surface area contributed by atoms with Gasteiger partial charge in [-0.15, -0.1) is 5.10 Å². The van der Waals surface area contributed by atoms with Crippen molar-refractivity contribution >= 4 is 29.6 Å². The smallest absolute Gasteiger partial charge is 0.327 e. The number of rotatable bonds is 8. The minimum Gasteiger partial charge on any atom is -0.468 e. The predicted octanol–water partition coefficient (Wildman–Crippen LogP) is -2.10. The number of methoxy groups -OCH3 is 1. The Morgan fingerprint density at radius 1 is 1.12 bits per heavy atom. The monoisotopic (exact) mass is 559 g/mol. The van der Waals surface area contributed by atoms with Crippen LogP contribution in [0.1, 0.15) is 16.1 Å². The number of benzene rings is 1. The van der Waals surface area contributed by atoms with Crippen molar-refractivity contribution in [3.05, 3.63) is 47.8 Å². The molecule has 216 valence electrons. The zero-order chi connectivity index (χ0) is 28.7. The molecule has 40 heavy (non-hydrogen) atoms. The van der Waals surface area contributed by atoms with Crippen LogP contribution in [0.4, 0.5) is 0 Å². The van der Waals surface area contributed by atoms with Gasteiger partial charge in [0, 0.05) is 37.8 Å². The van der Waals surface area contributed by atoms with Gasteiger partial charge >= 0.3 is 5.97 Å². The Balaban J connectivity index is 1.67. The molecule has 0 radical (unpaired) electrons. The number of esters is 1. The lowest BCUT2D eigenvalue weighted by atomic mass is 10.1. The van der Waals surface area contributed by atoms with Gasteiger partial charge in [-0.3, -0.25) is 24.0 Å². The van der Waals surface area contributed by atoms with Crippen LogP contribution in [0, 0.1) is 0 Å². The van der Waals surface area contributed by atoms with E-state index in [1.165, 1.54) is 22.9 Å². The summed E-state index contributed by atoms with van der Waals surface area (Å²) in [5, 5.41) is 15.9. The number of ether oxygens (including phenoxy) is 3. The summed E-state index contributed by atoms with van der Waals surface area (Å²) >= 11 is 0. The number of amides is 4. The number of aromatic nitrogens is 3. The lowest BCUT2D eigenvalue weighted by molar-refractivity contribution is -0.141. The first-order valence-corrected chi connectivity index (χ1v) is 12.6. The largest absolute Gasteiger partial charge is 0.468 e. The lowest BCUT2D eigenvalue weighted by Crippen LogP contribution is -2.52. The molecule has 1 aromatic heterocycles. The molecule has 2 heterocycles. The van der Waals surface area contributed by atoms with Crippen LogP contribution >= 0.6 is 0 Å². The fraction of sp³-hybridized carbons (Fsp3) is 0.480. The Morgan fingerprint density at radius 2 is 1.90 bits per heavy atom. The molecule has 1 aliphatic heterocycles. The highest BCUT2D eigenvalue weighted by Gasteiger charge is 2.25. The van der Waals surface area contributed by atoms with Crippen LogP contribution in [0.3, 0.4) is 0 Å². The maximum atomic E-state index is 13.0. The molecule has 15 nitrogen and oxygen atoms in total. The number of hydrogen-bond acceptors (Lipinski definition) is 10. The molecule has 1 aliphatic rings. The van der Waals surface area contributed by atoms with Crippen LogP contribution in [-0.4, -0.2) is 115 Å². The van der Waals surface area contributed by atoms with Crippen molar-refractivity contribution in [2.45, 2.75) is 19.0 Å². The number of nitrogens with one attached hydrogen (secondary N) is 3. The molecule has 0 unspecified atom stereocenters. The van der Waals surface area contributed by atoms with E-state index in [2.05, 4.69) is 31.0 Å². The van der Waals surface area contributed by atoms with E-state index in [1.807, 2.05) is 0 Å². The van der Waals surface area contributed by atoms with Crippen molar-refractivity contribution in [2.75, 3.05) is 59.7 Å². The Kier molecular flexibility index (Phi) is 12.0. The lowest BCUT2D eigenvalue weighted by Gasteiger charge is -2.24. The van der Waals surface area contributed by atoms with E-state index in [1.54, 1.807) is 30.3 Å². The molecule has 1 fully saturated rings. The van der Waals surface area contributed by atoms with E-state index in [9.17, 15) is 24.0 Å². The molecule has 4 amide bonds. The summed E-state index contributed by atoms with van der Waals surface area (Å²) in [5.41, 5.74) is 0.813. The third-order valence-corrected chi connectivity index (χ3v) is 5.70. The van der Waals surface area contributed by atoms with Crippen molar-refractivity contribution < 1.29 is 38.2 Å². The first-order chi connectivity index (χ1) is 19.4. The first-order valence-electron chi connectivity index (χ1n) is 12.6. The van der Waals surface area contributed by atoms with Gasteiger partial charge in [-0.05, 0) is 12.1 Å². The van der Waals surface area contributed by atoms with Crippen molar-refractivity contribution in [3.8, 4) is 0 Å². The fourth-order valence-electron chi connectivity index (χ4n) is 3.67. The molecule has 0 saturated carbocycles. The topological polar surface area (TPSA) is 183 Å². The van der Waals surface area contributed by atoms with Gasteiger partial charge in [0.15, 0.2) is 0 Å².